The first-order valence-electron chi connectivity index (χ1n) is 5.63. The average molecular weight is 279 g/mol. The molecule has 0 bridgehead atoms. The Bertz CT molecular complexity index is 544. The average Bonchev–Trinajstić information content (AvgIpc) is 2.99. The molecule has 1 heterocycles. The zero-order chi connectivity index (χ0) is 12.5. The van der Waals surface area contributed by atoms with Gasteiger partial charge in [0.1, 0.15) is 12.1 Å². The number of aromatic nitrogens is 2. The minimum atomic E-state index is 0.0315. The summed E-state index contributed by atoms with van der Waals surface area (Å²) in [5.41, 5.74) is 8.81. The molecule has 3 rings (SSSR count). The Morgan fingerprint density at radius 1 is 1.50 bits per heavy atom. The van der Waals surface area contributed by atoms with E-state index in [1.807, 2.05) is 12.1 Å². The van der Waals surface area contributed by atoms with Gasteiger partial charge in [0, 0.05) is 11.3 Å². The lowest BCUT2D eigenvalue weighted by Gasteiger charge is -2.13. The molecule has 1 aliphatic carbocycles. The van der Waals surface area contributed by atoms with Gasteiger partial charge in [-0.25, -0.2) is 4.98 Å². The number of fused-ring (bicyclic) bond motifs is 1. The topological polar surface area (TPSA) is 61.0 Å². The number of benzene rings is 1. The van der Waals surface area contributed by atoms with Gasteiger partial charge in [0.15, 0.2) is 4.34 Å². The molecular formula is C12H13N3OS2. The second-order valence-corrected chi connectivity index (χ2v) is 6.42. The van der Waals surface area contributed by atoms with E-state index in [-0.39, 0.29) is 6.04 Å². The third-order valence-corrected chi connectivity index (χ3v) is 5.17. The van der Waals surface area contributed by atoms with Gasteiger partial charge < -0.3 is 10.5 Å². The molecule has 2 N–H and O–H groups in total. The molecule has 0 fully saturated rings. The molecule has 0 amide bonds. The second kappa shape index (κ2) is 4.87. The van der Waals surface area contributed by atoms with Crippen molar-refractivity contribution in [2.75, 3.05) is 7.11 Å². The number of ether oxygens (including phenoxy) is 1. The Labute approximate surface area is 114 Å². The first-order chi connectivity index (χ1) is 8.78. The number of nitrogens with zero attached hydrogens (tertiary/aromatic N) is 2. The number of hydrogen-bond acceptors (Lipinski definition) is 6. The number of methoxy groups -OCH3 is 1. The van der Waals surface area contributed by atoms with Gasteiger partial charge >= 0.3 is 0 Å². The van der Waals surface area contributed by atoms with E-state index in [9.17, 15) is 0 Å². The number of hydrogen-bond donors (Lipinski definition) is 1. The van der Waals surface area contributed by atoms with Crippen molar-refractivity contribution < 1.29 is 4.74 Å². The summed E-state index contributed by atoms with van der Waals surface area (Å²) in [5, 5.41) is 0.333. The minimum Gasteiger partial charge on any atom is -0.497 e. The van der Waals surface area contributed by atoms with Crippen LogP contribution in [0, 0.1) is 0 Å². The highest BCUT2D eigenvalue weighted by atomic mass is 32.2. The lowest BCUT2D eigenvalue weighted by molar-refractivity contribution is 0.414. The molecule has 2 aromatic rings. The van der Waals surface area contributed by atoms with Crippen LogP contribution in [0.5, 0.6) is 5.75 Å². The predicted octanol–water partition coefficient (Wildman–Crippen LogP) is 2.26. The Kier molecular flexibility index (Phi) is 3.23. The molecule has 1 aromatic carbocycles. The summed E-state index contributed by atoms with van der Waals surface area (Å²) in [6.45, 7) is 0. The van der Waals surface area contributed by atoms with Gasteiger partial charge in [0.2, 0.25) is 0 Å². The van der Waals surface area contributed by atoms with Crippen molar-refractivity contribution in [2.45, 2.75) is 22.1 Å². The molecule has 2 unspecified atom stereocenters. The smallest absolute Gasteiger partial charge is 0.170 e. The largest absolute Gasteiger partial charge is 0.497 e. The molecule has 1 aliphatic rings. The van der Waals surface area contributed by atoms with E-state index in [0.717, 1.165) is 16.5 Å². The predicted molar refractivity (Wildman–Crippen MR) is 73.2 cm³/mol. The zero-order valence-corrected chi connectivity index (χ0v) is 11.5. The third kappa shape index (κ3) is 2.11. The van der Waals surface area contributed by atoms with Crippen molar-refractivity contribution in [3.8, 4) is 5.75 Å². The highest BCUT2D eigenvalue weighted by molar-refractivity contribution is 8.01. The monoisotopic (exact) mass is 279 g/mol. The van der Waals surface area contributed by atoms with Crippen molar-refractivity contribution in [2.24, 2.45) is 5.73 Å². The van der Waals surface area contributed by atoms with Crippen LogP contribution in [0.3, 0.4) is 0 Å². The van der Waals surface area contributed by atoms with Crippen molar-refractivity contribution in [3.63, 3.8) is 0 Å². The summed E-state index contributed by atoms with van der Waals surface area (Å²) >= 11 is 3.13. The van der Waals surface area contributed by atoms with Gasteiger partial charge in [-0.2, -0.15) is 4.37 Å². The maximum absolute atomic E-state index is 6.31. The summed E-state index contributed by atoms with van der Waals surface area (Å²) in [7, 11) is 1.68. The summed E-state index contributed by atoms with van der Waals surface area (Å²) in [5.74, 6) is 0.866. The third-order valence-electron chi connectivity index (χ3n) is 3.13. The second-order valence-electron chi connectivity index (χ2n) is 4.16. The molecule has 0 aliphatic heterocycles. The molecule has 6 heteroatoms. The fourth-order valence-corrected chi connectivity index (χ4v) is 4.07. The Hall–Kier alpha value is -1.11. The van der Waals surface area contributed by atoms with Gasteiger partial charge in [0.05, 0.1) is 7.11 Å². The van der Waals surface area contributed by atoms with E-state index in [4.69, 9.17) is 10.5 Å². The van der Waals surface area contributed by atoms with E-state index in [1.54, 1.807) is 25.2 Å². The maximum Gasteiger partial charge on any atom is 0.170 e. The lowest BCUT2D eigenvalue weighted by Crippen LogP contribution is -2.18. The fraction of sp³-hybridized carbons (Fsp3) is 0.333. The first-order valence-corrected chi connectivity index (χ1v) is 7.29. The molecular weight excluding hydrogens is 266 g/mol. The zero-order valence-electron chi connectivity index (χ0n) is 9.87. The maximum atomic E-state index is 6.31. The summed E-state index contributed by atoms with van der Waals surface area (Å²) < 4.78 is 10.2. The fourth-order valence-electron chi connectivity index (χ4n) is 2.20. The van der Waals surface area contributed by atoms with E-state index in [0.29, 0.717) is 5.25 Å². The SMILES string of the molecule is COc1ccc2c(c1)C(N)C(Sc1ncns1)C2. The molecule has 0 saturated carbocycles. The van der Waals surface area contributed by atoms with Crippen LogP contribution < -0.4 is 10.5 Å². The van der Waals surface area contributed by atoms with Gasteiger partial charge in [-0.1, -0.05) is 17.8 Å². The van der Waals surface area contributed by atoms with Crippen LogP contribution in [0.1, 0.15) is 17.2 Å². The van der Waals surface area contributed by atoms with E-state index in [1.165, 1.54) is 22.7 Å². The van der Waals surface area contributed by atoms with Gasteiger partial charge in [-0.15, -0.1) is 0 Å². The molecule has 0 spiro atoms. The molecule has 1 aromatic heterocycles. The highest BCUT2D eigenvalue weighted by Gasteiger charge is 2.31. The normalized spacial score (nSPS) is 21.9. The van der Waals surface area contributed by atoms with Crippen LogP contribution in [-0.2, 0) is 6.42 Å². The molecule has 94 valence electrons. The quantitative estimate of drug-likeness (QED) is 0.934. The van der Waals surface area contributed by atoms with Crippen LogP contribution in [0.25, 0.3) is 0 Å². The Balaban J connectivity index is 1.82. The van der Waals surface area contributed by atoms with Crippen LogP contribution in [0.15, 0.2) is 28.9 Å². The summed E-state index contributed by atoms with van der Waals surface area (Å²) in [6.07, 6.45) is 2.56. The molecule has 0 radical (unpaired) electrons. The van der Waals surface area contributed by atoms with Gasteiger partial charge in [0.25, 0.3) is 0 Å². The highest BCUT2D eigenvalue weighted by Crippen LogP contribution is 2.41. The van der Waals surface area contributed by atoms with E-state index in [2.05, 4.69) is 15.4 Å². The van der Waals surface area contributed by atoms with Crippen molar-refractivity contribution in [1.82, 2.24) is 9.36 Å². The van der Waals surface area contributed by atoms with E-state index < -0.39 is 0 Å². The molecule has 2 atom stereocenters. The van der Waals surface area contributed by atoms with Crippen molar-refractivity contribution in [1.29, 1.82) is 0 Å². The van der Waals surface area contributed by atoms with Crippen LogP contribution in [0.2, 0.25) is 0 Å². The van der Waals surface area contributed by atoms with Crippen LogP contribution in [-0.4, -0.2) is 21.7 Å². The van der Waals surface area contributed by atoms with E-state index >= 15 is 0 Å². The molecule has 18 heavy (non-hydrogen) atoms. The Morgan fingerprint density at radius 2 is 2.39 bits per heavy atom. The number of rotatable bonds is 3. The summed E-state index contributed by atoms with van der Waals surface area (Å²) in [4.78, 5) is 4.20. The lowest BCUT2D eigenvalue weighted by atomic mass is 10.1. The molecule has 4 nitrogen and oxygen atoms in total. The first kappa shape index (κ1) is 12.0. The minimum absolute atomic E-state index is 0.0315. The van der Waals surface area contributed by atoms with Gasteiger partial charge in [-0.3, -0.25) is 0 Å². The number of thioether (sulfide) groups is 1. The van der Waals surface area contributed by atoms with Crippen LogP contribution in [0.4, 0.5) is 0 Å². The van der Waals surface area contributed by atoms with Crippen molar-refractivity contribution in [3.05, 3.63) is 35.7 Å². The molecule has 0 saturated heterocycles. The summed E-state index contributed by atoms with van der Waals surface area (Å²) in [6, 6.07) is 6.17. The standard InChI is InChI=1S/C12H13N3OS2/c1-16-8-3-2-7-4-10(11(13)9(7)5-8)17-12-14-6-15-18-12/h2-3,5-6,10-11H,4,13H2,1H3. The van der Waals surface area contributed by atoms with Gasteiger partial charge in [-0.05, 0) is 41.2 Å². The Morgan fingerprint density at radius 3 is 3.11 bits per heavy atom. The van der Waals surface area contributed by atoms with Crippen LogP contribution >= 0.6 is 23.3 Å². The van der Waals surface area contributed by atoms with Crippen molar-refractivity contribution >= 4 is 23.3 Å². The number of nitrogens with two attached hydrogens (primary N) is 1.